The lowest BCUT2D eigenvalue weighted by atomic mass is 10.1. The van der Waals surface area contributed by atoms with E-state index in [9.17, 15) is 13.2 Å². The third-order valence-corrected chi connectivity index (χ3v) is 4.77. The summed E-state index contributed by atoms with van der Waals surface area (Å²) in [5, 5.41) is 5.88. The van der Waals surface area contributed by atoms with Crippen molar-refractivity contribution in [3.8, 4) is 22.1 Å². The van der Waals surface area contributed by atoms with Crippen LogP contribution in [-0.4, -0.2) is 17.2 Å². The Hall–Kier alpha value is -3.07. The summed E-state index contributed by atoms with van der Waals surface area (Å²) in [6, 6.07) is 13.1. The molecular weight excluding hydrogens is 393 g/mol. The van der Waals surface area contributed by atoms with E-state index in [1.165, 1.54) is 24.3 Å². The highest BCUT2D eigenvalue weighted by Gasteiger charge is 2.31. The number of ether oxygens (including phenoxy) is 2. The van der Waals surface area contributed by atoms with Gasteiger partial charge in [-0.25, -0.2) is 0 Å². The Morgan fingerprint density at radius 3 is 2.46 bits per heavy atom. The number of thiophene rings is 1. The molecule has 1 atom stereocenters. The minimum atomic E-state index is -4.72. The molecule has 2 aromatic heterocycles. The van der Waals surface area contributed by atoms with Crippen molar-refractivity contribution < 1.29 is 27.5 Å². The molecule has 1 aromatic carbocycles. The van der Waals surface area contributed by atoms with Gasteiger partial charge >= 0.3 is 6.36 Å². The fourth-order valence-corrected chi connectivity index (χ4v) is 3.33. The van der Waals surface area contributed by atoms with Gasteiger partial charge in [-0.3, -0.25) is 4.98 Å². The largest absolute Gasteiger partial charge is 0.573 e. The third kappa shape index (κ3) is 4.42. The lowest BCUT2D eigenvalue weighted by Gasteiger charge is -2.11. The molecule has 0 radical (unpaired) electrons. The Morgan fingerprint density at radius 1 is 1.04 bits per heavy atom. The van der Waals surface area contributed by atoms with Gasteiger partial charge in [0, 0.05) is 0 Å². The number of oxime groups is 1. The highest BCUT2D eigenvalue weighted by Crippen LogP contribution is 2.31. The molecule has 3 aromatic rings. The van der Waals surface area contributed by atoms with Crippen molar-refractivity contribution in [3.63, 3.8) is 0 Å². The first-order valence-electron chi connectivity index (χ1n) is 8.22. The molecule has 0 spiro atoms. The van der Waals surface area contributed by atoms with Crippen LogP contribution >= 0.6 is 11.3 Å². The standard InChI is InChI=1S/C19H13F3N2O3S/c20-19(21,22)26-13-5-3-12(4-6-13)16-10-18(24-27-16)25-14-7-8-15(23-11-14)17-2-1-9-28-17/h1-9,11,16H,10H2/t16-/m1/s1. The molecular formula is C19H13F3N2O3S. The van der Waals surface area contributed by atoms with E-state index in [-0.39, 0.29) is 5.75 Å². The minimum Gasteiger partial charge on any atom is -0.438 e. The smallest absolute Gasteiger partial charge is 0.438 e. The van der Waals surface area contributed by atoms with Gasteiger partial charge in [0.2, 0.25) is 5.90 Å². The number of hydrogen-bond donors (Lipinski definition) is 0. The van der Waals surface area contributed by atoms with Crippen LogP contribution in [0.25, 0.3) is 10.6 Å². The lowest BCUT2D eigenvalue weighted by Crippen LogP contribution is -2.17. The van der Waals surface area contributed by atoms with Crippen molar-refractivity contribution in [2.24, 2.45) is 5.16 Å². The summed E-state index contributed by atoms with van der Waals surface area (Å²) < 4.78 is 46.2. The Kier molecular flexibility index (Phi) is 4.91. The number of aromatic nitrogens is 1. The van der Waals surface area contributed by atoms with E-state index in [0.717, 1.165) is 10.6 Å². The molecule has 9 heteroatoms. The zero-order valence-electron chi connectivity index (χ0n) is 14.2. The molecule has 28 heavy (non-hydrogen) atoms. The van der Waals surface area contributed by atoms with Crippen molar-refractivity contribution in [2.75, 3.05) is 0 Å². The van der Waals surface area contributed by atoms with Crippen LogP contribution in [0, 0.1) is 0 Å². The van der Waals surface area contributed by atoms with E-state index in [4.69, 9.17) is 9.57 Å². The van der Waals surface area contributed by atoms with E-state index >= 15 is 0 Å². The molecule has 144 valence electrons. The fraction of sp³-hybridized carbons (Fsp3) is 0.158. The lowest BCUT2D eigenvalue weighted by molar-refractivity contribution is -0.274. The molecule has 0 bridgehead atoms. The Bertz CT molecular complexity index is 956. The SMILES string of the molecule is FC(F)(F)Oc1ccc([C@H]2CC(Oc3ccc(-c4cccs4)nc3)=NO2)cc1. The topological polar surface area (TPSA) is 52.9 Å². The third-order valence-electron chi connectivity index (χ3n) is 3.87. The Morgan fingerprint density at radius 2 is 1.82 bits per heavy atom. The van der Waals surface area contributed by atoms with Gasteiger partial charge < -0.3 is 14.3 Å². The Balaban J connectivity index is 1.35. The summed E-state index contributed by atoms with van der Waals surface area (Å²) in [6.07, 6.45) is -3.20. The summed E-state index contributed by atoms with van der Waals surface area (Å²) in [7, 11) is 0. The first-order valence-corrected chi connectivity index (χ1v) is 9.10. The second-order valence-corrected chi connectivity index (χ2v) is 6.81. The predicted molar refractivity (Wildman–Crippen MR) is 97.2 cm³/mol. The van der Waals surface area contributed by atoms with Gasteiger partial charge in [-0.2, -0.15) is 0 Å². The first-order chi connectivity index (χ1) is 13.5. The van der Waals surface area contributed by atoms with Crippen LogP contribution in [0.2, 0.25) is 0 Å². The summed E-state index contributed by atoms with van der Waals surface area (Å²) in [5.74, 6) is 0.604. The zero-order valence-corrected chi connectivity index (χ0v) is 15.0. The fourth-order valence-electron chi connectivity index (χ4n) is 2.63. The van der Waals surface area contributed by atoms with Gasteiger partial charge in [0.1, 0.15) is 11.5 Å². The maximum atomic E-state index is 12.2. The second-order valence-electron chi connectivity index (χ2n) is 5.86. The van der Waals surface area contributed by atoms with E-state index in [1.807, 2.05) is 23.6 Å². The van der Waals surface area contributed by atoms with Crippen LogP contribution < -0.4 is 9.47 Å². The molecule has 0 aliphatic carbocycles. The van der Waals surface area contributed by atoms with Crippen molar-refractivity contribution in [1.82, 2.24) is 4.98 Å². The van der Waals surface area contributed by atoms with Crippen LogP contribution in [0.15, 0.2) is 65.3 Å². The van der Waals surface area contributed by atoms with E-state index < -0.39 is 12.5 Å². The molecule has 0 saturated heterocycles. The number of hydrogen-bond acceptors (Lipinski definition) is 6. The van der Waals surface area contributed by atoms with E-state index in [1.54, 1.807) is 23.6 Å². The summed E-state index contributed by atoms with van der Waals surface area (Å²) >= 11 is 1.60. The number of pyridine rings is 1. The second kappa shape index (κ2) is 7.51. The highest BCUT2D eigenvalue weighted by molar-refractivity contribution is 7.13. The number of alkyl halides is 3. The van der Waals surface area contributed by atoms with Gasteiger partial charge in [0.05, 0.1) is 23.2 Å². The molecule has 0 saturated carbocycles. The number of rotatable bonds is 4. The van der Waals surface area contributed by atoms with Crippen LogP contribution in [0.4, 0.5) is 13.2 Å². The molecule has 0 N–H and O–H groups in total. The molecule has 0 fully saturated rings. The van der Waals surface area contributed by atoms with Gasteiger partial charge in [0.15, 0.2) is 6.10 Å². The average Bonchev–Trinajstić information content (AvgIpc) is 3.34. The number of benzene rings is 1. The molecule has 0 unspecified atom stereocenters. The molecule has 3 heterocycles. The summed E-state index contributed by atoms with van der Waals surface area (Å²) in [5.41, 5.74) is 1.52. The monoisotopic (exact) mass is 406 g/mol. The van der Waals surface area contributed by atoms with Crippen LogP contribution in [0.3, 0.4) is 0 Å². The van der Waals surface area contributed by atoms with Crippen molar-refractivity contribution in [3.05, 3.63) is 65.7 Å². The first kappa shape index (κ1) is 18.3. The zero-order chi connectivity index (χ0) is 19.6. The van der Waals surface area contributed by atoms with Crippen LogP contribution in [0.1, 0.15) is 18.1 Å². The molecule has 4 rings (SSSR count). The maximum absolute atomic E-state index is 12.2. The van der Waals surface area contributed by atoms with Crippen LogP contribution in [-0.2, 0) is 4.84 Å². The van der Waals surface area contributed by atoms with Gasteiger partial charge in [-0.05, 0) is 41.3 Å². The average molecular weight is 406 g/mol. The van der Waals surface area contributed by atoms with Gasteiger partial charge in [0.25, 0.3) is 0 Å². The Labute approximate surface area is 162 Å². The number of halogens is 3. The quantitative estimate of drug-likeness (QED) is 0.569. The highest BCUT2D eigenvalue weighted by atomic mass is 32.1. The molecule has 5 nitrogen and oxygen atoms in total. The molecule has 1 aliphatic heterocycles. The van der Waals surface area contributed by atoms with E-state index in [2.05, 4.69) is 14.9 Å². The van der Waals surface area contributed by atoms with Crippen molar-refractivity contribution >= 4 is 17.2 Å². The van der Waals surface area contributed by atoms with Gasteiger partial charge in [-0.15, -0.1) is 24.5 Å². The number of nitrogens with zero attached hydrogens (tertiary/aromatic N) is 2. The summed E-state index contributed by atoms with van der Waals surface area (Å²) in [4.78, 5) is 10.8. The van der Waals surface area contributed by atoms with Crippen LogP contribution in [0.5, 0.6) is 11.5 Å². The predicted octanol–water partition coefficient (Wildman–Crippen LogP) is 5.56. The minimum absolute atomic E-state index is 0.288. The van der Waals surface area contributed by atoms with Gasteiger partial charge in [-0.1, -0.05) is 23.4 Å². The molecule has 0 amide bonds. The maximum Gasteiger partial charge on any atom is 0.573 e. The summed E-state index contributed by atoms with van der Waals surface area (Å²) in [6.45, 7) is 0. The normalized spacial score (nSPS) is 16.4. The van der Waals surface area contributed by atoms with Crippen molar-refractivity contribution in [1.29, 1.82) is 0 Å². The molecule has 1 aliphatic rings. The van der Waals surface area contributed by atoms with E-state index in [0.29, 0.717) is 23.6 Å². The van der Waals surface area contributed by atoms with Crippen molar-refractivity contribution in [2.45, 2.75) is 18.9 Å².